The highest BCUT2D eigenvalue weighted by molar-refractivity contribution is 7.91. The first kappa shape index (κ1) is 13.3. The van der Waals surface area contributed by atoms with Gasteiger partial charge in [0.1, 0.15) is 0 Å². The fraction of sp³-hybridized carbons (Fsp3) is 1.00. The minimum atomic E-state index is -2.75. The van der Waals surface area contributed by atoms with Crippen LogP contribution in [0.1, 0.15) is 12.8 Å². The topological polar surface area (TPSA) is 61.4 Å². The summed E-state index contributed by atoms with van der Waals surface area (Å²) in [5.74, 6) is 0.682. The molecule has 2 atom stereocenters. The third-order valence-electron chi connectivity index (χ3n) is 3.79. The SMILES string of the molecule is CN1CCNCC1CCNC1CCS(=O)(=O)C1. The second-order valence-corrected chi connectivity index (χ2v) is 7.41. The lowest BCUT2D eigenvalue weighted by atomic mass is 10.1. The Morgan fingerprint density at radius 1 is 1.47 bits per heavy atom. The van der Waals surface area contributed by atoms with E-state index in [1.807, 2.05) is 0 Å². The first-order valence-corrected chi connectivity index (χ1v) is 8.24. The highest BCUT2D eigenvalue weighted by Crippen LogP contribution is 2.11. The predicted octanol–water partition coefficient (Wildman–Crippen LogP) is -0.943. The lowest BCUT2D eigenvalue weighted by molar-refractivity contribution is 0.189. The van der Waals surface area contributed by atoms with Crippen molar-refractivity contribution < 1.29 is 8.42 Å². The standard InChI is InChI=1S/C11H23N3O2S/c1-14-6-5-12-8-11(14)2-4-13-10-3-7-17(15,16)9-10/h10-13H,2-9H2,1H3. The molecule has 6 heteroatoms. The summed E-state index contributed by atoms with van der Waals surface area (Å²) < 4.78 is 22.6. The second-order valence-electron chi connectivity index (χ2n) is 5.18. The van der Waals surface area contributed by atoms with Crippen LogP contribution < -0.4 is 10.6 Å². The van der Waals surface area contributed by atoms with Gasteiger partial charge in [-0.15, -0.1) is 0 Å². The zero-order valence-corrected chi connectivity index (χ0v) is 11.3. The van der Waals surface area contributed by atoms with Gasteiger partial charge in [-0.3, -0.25) is 0 Å². The molecular weight excluding hydrogens is 238 g/mol. The fourth-order valence-corrected chi connectivity index (χ4v) is 4.30. The molecule has 2 heterocycles. The van der Waals surface area contributed by atoms with Crippen LogP contribution in [0.2, 0.25) is 0 Å². The molecule has 100 valence electrons. The summed E-state index contributed by atoms with van der Waals surface area (Å²) in [6.45, 7) is 4.13. The van der Waals surface area contributed by atoms with Gasteiger partial charge in [-0.2, -0.15) is 0 Å². The third kappa shape index (κ3) is 3.91. The minimum Gasteiger partial charge on any atom is -0.314 e. The Morgan fingerprint density at radius 3 is 2.94 bits per heavy atom. The van der Waals surface area contributed by atoms with Crippen LogP contribution in [0.3, 0.4) is 0 Å². The number of piperazine rings is 1. The molecule has 2 N–H and O–H groups in total. The molecule has 0 saturated carbocycles. The number of sulfone groups is 1. The van der Waals surface area contributed by atoms with Gasteiger partial charge in [0, 0.05) is 31.7 Å². The number of nitrogens with one attached hydrogen (secondary N) is 2. The van der Waals surface area contributed by atoms with E-state index in [1.54, 1.807) is 0 Å². The van der Waals surface area contributed by atoms with Crippen molar-refractivity contribution in [2.24, 2.45) is 0 Å². The molecule has 2 saturated heterocycles. The van der Waals surface area contributed by atoms with E-state index in [0.29, 0.717) is 17.5 Å². The summed E-state index contributed by atoms with van der Waals surface area (Å²) >= 11 is 0. The summed E-state index contributed by atoms with van der Waals surface area (Å²) in [6.07, 6.45) is 1.86. The molecule has 2 unspecified atom stereocenters. The molecule has 0 spiro atoms. The summed E-state index contributed by atoms with van der Waals surface area (Å²) in [7, 11) is -0.589. The molecule has 0 aromatic heterocycles. The Morgan fingerprint density at radius 2 is 2.29 bits per heavy atom. The van der Waals surface area contributed by atoms with Crippen molar-refractivity contribution in [3.8, 4) is 0 Å². The van der Waals surface area contributed by atoms with E-state index < -0.39 is 9.84 Å². The number of hydrogen-bond acceptors (Lipinski definition) is 5. The smallest absolute Gasteiger partial charge is 0.151 e. The molecule has 0 aromatic carbocycles. The maximum atomic E-state index is 11.3. The Labute approximate surface area is 104 Å². The van der Waals surface area contributed by atoms with Crippen molar-refractivity contribution in [2.45, 2.75) is 24.9 Å². The largest absolute Gasteiger partial charge is 0.314 e. The number of likely N-dealkylation sites (N-methyl/N-ethyl adjacent to an activating group) is 1. The molecule has 5 nitrogen and oxygen atoms in total. The molecule has 0 amide bonds. The van der Waals surface area contributed by atoms with E-state index in [0.717, 1.165) is 39.0 Å². The average molecular weight is 261 g/mol. The molecule has 0 aliphatic carbocycles. The van der Waals surface area contributed by atoms with Gasteiger partial charge in [-0.05, 0) is 26.4 Å². The molecule has 17 heavy (non-hydrogen) atoms. The summed E-state index contributed by atoms with van der Waals surface area (Å²) in [5.41, 5.74) is 0. The molecule has 2 aliphatic heterocycles. The van der Waals surface area contributed by atoms with Crippen molar-refractivity contribution in [1.29, 1.82) is 0 Å². The van der Waals surface area contributed by atoms with Crippen LogP contribution in [0.25, 0.3) is 0 Å². The predicted molar refractivity (Wildman–Crippen MR) is 69.0 cm³/mol. The zero-order valence-electron chi connectivity index (χ0n) is 10.5. The third-order valence-corrected chi connectivity index (χ3v) is 5.56. The van der Waals surface area contributed by atoms with E-state index in [1.165, 1.54) is 0 Å². The minimum absolute atomic E-state index is 0.182. The van der Waals surface area contributed by atoms with Crippen molar-refractivity contribution in [3.05, 3.63) is 0 Å². The van der Waals surface area contributed by atoms with Crippen LogP contribution in [0.5, 0.6) is 0 Å². The molecular formula is C11H23N3O2S. The first-order valence-electron chi connectivity index (χ1n) is 6.41. The summed E-state index contributed by atoms with van der Waals surface area (Å²) in [4.78, 5) is 2.38. The highest BCUT2D eigenvalue weighted by atomic mass is 32.2. The first-order chi connectivity index (χ1) is 8.07. The zero-order chi connectivity index (χ0) is 12.3. The molecule has 2 aliphatic rings. The Bertz CT molecular complexity index is 345. The van der Waals surface area contributed by atoms with Crippen LogP contribution >= 0.6 is 0 Å². The van der Waals surface area contributed by atoms with E-state index in [-0.39, 0.29) is 6.04 Å². The maximum Gasteiger partial charge on any atom is 0.151 e. The maximum absolute atomic E-state index is 11.3. The Hall–Kier alpha value is -0.170. The lowest BCUT2D eigenvalue weighted by Crippen LogP contribution is -2.50. The van der Waals surface area contributed by atoms with Crippen LogP contribution in [0.4, 0.5) is 0 Å². The second kappa shape index (κ2) is 5.65. The molecule has 0 bridgehead atoms. The van der Waals surface area contributed by atoms with Crippen LogP contribution in [0.15, 0.2) is 0 Å². The highest BCUT2D eigenvalue weighted by Gasteiger charge is 2.27. The van der Waals surface area contributed by atoms with Gasteiger partial charge in [-0.1, -0.05) is 0 Å². The van der Waals surface area contributed by atoms with Gasteiger partial charge in [0.15, 0.2) is 9.84 Å². The van der Waals surface area contributed by atoms with Crippen molar-refractivity contribution in [2.75, 3.05) is 44.7 Å². The van der Waals surface area contributed by atoms with E-state index >= 15 is 0 Å². The van der Waals surface area contributed by atoms with Gasteiger partial charge >= 0.3 is 0 Å². The Balaban J connectivity index is 1.66. The normalized spacial score (nSPS) is 33.9. The molecule has 0 aromatic rings. The summed E-state index contributed by atoms with van der Waals surface area (Å²) in [6, 6.07) is 0.760. The quantitative estimate of drug-likeness (QED) is 0.684. The van der Waals surface area contributed by atoms with Gasteiger partial charge in [0.05, 0.1) is 11.5 Å². The van der Waals surface area contributed by atoms with Gasteiger partial charge in [0.25, 0.3) is 0 Å². The average Bonchev–Trinajstić information content (AvgIpc) is 2.61. The fourth-order valence-electron chi connectivity index (χ4n) is 2.60. The van der Waals surface area contributed by atoms with Gasteiger partial charge < -0.3 is 15.5 Å². The van der Waals surface area contributed by atoms with E-state index in [2.05, 4.69) is 22.6 Å². The van der Waals surface area contributed by atoms with E-state index in [9.17, 15) is 8.42 Å². The van der Waals surface area contributed by atoms with Crippen LogP contribution in [0, 0.1) is 0 Å². The monoisotopic (exact) mass is 261 g/mol. The van der Waals surface area contributed by atoms with Crippen LogP contribution in [-0.4, -0.2) is 70.1 Å². The molecule has 0 radical (unpaired) electrons. The van der Waals surface area contributed by atoms with Crippen molar-refractivity contribution in [3.63, 3.8) is 0 Å². The van der Waals surface area contributed by atoms with Gasteiger partial charge in [-0.25, -0.2) is 8.42 Å². The van der Waals surface area contributed by atoms with Crippen molar-refractivity contribution in [1.82, 2.24) is 15.5 Å². The lowest BCUT2D eigenvalue weighted by Gasteiger charge is -2.33. The van der Waals surface area contributed by atoms with E-state index in [4.69, 9.17) is 0 Å². The van der Waals surface area contributed by atoms with Gasteiger partial charge in [0.2, 0.25) is 0 Å². The van der Waals surface area contributed by atoms with Crippen LogP contribution in [-0.2, 0) is 9.84 Å². The molecule has 2 fully saturated rings. The number of rotatable bonds is 4. The van der Waals surface area contributed by atoms with Crippen molar-refractivity contribution >= 4 is 9.84 Å². The summed E-state index contributed by atoms with van der Waals surface area (Å²) in [5, 5.41) is 6.76. The number of hydrogen-bond donors (Lipinski definition) is 2. The Kier molecular flexibility index (Phi) is 4.41. The number of nitrogens with zero attached hydrogens (tertiary/aromatic N) is 1. The molecule has 2 rings (SSSR count).